The highest BCUT2D eigenvalue weighted by Crippen LogP contribution is 2.04. The van der Waals surface area contributed by atoms with Crippen LogP contribution in [0.5, 0.6) is 0 Å². The van der Waals surface area contributed by atoms with Crippen LogP contribution in [0.3, 0.4) is 0 Å². The number of nitrogens with zero attached hydrogens (tertiary/aromatic N) is 1. The second-order valence-corrected chi connectivity index (χ2v) is 2.35. The van der Waals surface area contributed by atoms with Gasteiger partial charge in [0.15, 0.2) is 5.78 Å². The van der Waals surface area contributed by atoms with Crippen molar-refractivity contribution < 1.29 is 10.0 Å². The Morgan fingerprint density at radius 3 is 2.30 bits per heavy atom. The summed E-state index contributed by atoms with van der Waals surface area (Å²) in [4.78, 5) is 10.7. The maximum atomic E-state index is 10.7. The molecule has 0 saturated heterocycles. The Kier molecular flexibility index (Phi) is 3.69. The van der Waals surface area contributed by atoms with Crippen molar-refractivity contribution in [3.8, 4) is 0 Å². The van der Waals surface area contributed by atoms with Gasteiger partial charge in [0.25, 0.3) is 0 Å². The molecule has 0 radical (unpaired) electrons. The van der Waals surface area contributed by atoms with Gasteiger partial charge in [-0.3, -0.25) is 4.79 Å². The fraction of sp³-hybridized carbons (Fsp3) is 0.714. The maximum absolute atomic E-state index is 10.7. The summed E-state index contributed by atoms with van der Waals surface area (Å²) < 4.78 is 0. The summed E-state index contributed by atoms with van der Waals surface area (Å²) in [7, 11) is 0. The molecule has 0 saturated carbocycles. The molecule has 0 spiro atoms. The van der Waals surface area contributed by atoms with Crippen LogP contribution in [-0.2, 0) is 4.79 Å². The normalized spacial score (nSPS) is 14.9. The topological polar surface area (TPSA) is 49.7 Å². The van der Waals surface area contributed by atoms with Gasteiger partial charge in [0.1, 0.15) is 5.71 Å². The number of Topliss-reactive ketones (excluding diaryl/α,β-unsaturated/α-hetero) is 1. The van der Waals surface area contributed by atoms with Gasteiger partial charge in [-0.25, -0.2) is 0 Å². The summed E-state index contributed by atoms with van der Waals surface area (Å²) in [6.07, 6.45) is 0.818. The first kappa shape index (κ1) is 9.14. The van der Waals surface area contributed by atoms with Gasteiger partial charge in [-0.1, -0.05) is 19.0 Å². The minimum Gasteiger partial charge on any atom is -0.411 e. The number of oxime groups is 1. The van der Waals surface area contributed by atoms with Gasteiger partial charge in [-0.05, 0) is 6.42 Å². The lowest BCUT2D eigenvalue weighted by Crippen LogP contribution is -2.18. The number of hydrogen-bond acceptors (Lipinski definition) is 3. The molecule has 0 aliphatic rings. The molecule has 3 nitrogen and oxygen atoms in total. The molecule has 0 aromatic carbocycles. The van der Waals surface area contributed by atoms with Crippen molar-refractivity contribution in [1.82, 2.24) is 0 Å². The molecule has 3 heteroatoms. The van der Waals surface area contributed by atoms with E-state index in [1.807, 2.05) is 13.8 Å². The number of rotatable bonds is 3. The van der Waals surface area contributed by atoms with Crippen LogP contribution in [0.4, 0.5) is 0 Å². The number of carbonyl (C=O) groups excluding carboxylic acids is 1. The lowest BCUT2D eigenvalue weighted by molar-refractivity contribution is -0.111. The van der Waals surface area contributed by atoms with Gasteiger partial charge in [0.05, 0.1) is 0 Å². The van der Waals surface area contributed by atoms with Gasteiger partial charge in [0, 0.05) is 12.8 Å². The zero-order valence-corrected chi connectivity index (χ0v) is 6.59. The van der Waals surface area contributed by atoms with Crippen molar-refractivity contribution in [2.75, 3.05) is 0 Å². The summed E-state index contributed by atoms with van der Waals surface area (Å²) in [5.41, 5.74) is 0.266. The van der Waals surface area contributed by atoms with Crippen LogP contribution in [-0.4, -0.2) is 16.7 Å². The molecule has 0 rings (SSSR count). The molecule has 0 aliphatic heterocycles. The van der Waals surface area contributed by atoms with E-state index in [0.29, 0.717) is 0 Å². The van der Waals surface area contributed by atoms with E-state index in [-0.39, 0.29) is 17.4 Å². The Balaban J connectivity index is 4.23. The number of carbonyl (C=O) groups is 1. The zero-order valence-electron chi connectivity index (χ0n) is 6.59. The zero-order chi connectivity index (χ0) is 8.15. The molecule has 1 unspecified atom stereocenters. The Labute approximate surface area is 60.7 Å². The van der Waals surface area contributed by atoms with Crippen LogP contribution in [0.15, 0.2) is 5.16 Å². The maximum Gasteiger partial charge on any atom is 0.177 e. The molecule has 1 atom stereocenters. The van der Waals surface area contributed by atoms with E-state index < -0.39 is 0 Å². The molecule has 0 aliphatic carbocycles. The minimum absolute atomic E-state index is 0.0579. The summed E-state index contributed by atoms with van der Waals surface area (Å²) >= 11 is 0. The van der Waals surface area contributed by atoms with Crippen LogP contribution in [0.2, 0.25) is 0 Å². The number of hydrogen-bond donors (Lipinski definition) is 1. The van der Waals surface area contributed by atoms with Gasteiger partial charge >= 0.3 is 0 Å². The third kappa shape index (κ3) is 2.17. The summed E-state index contributed by atoms with van der Waals surface area (Å²) in [5, 5.41) is 11.3. The van der Waals surface area contributed by atoms with Crippen LogP contribution in [0, 0.1) is 5.92 Å². The first-order valence-electron chi connectivity index (χ1n) is 3.36. The van der Waals surface area contributed by atoms with E-state index in [1.54, 1.807) is 0 Å². The Morgan fingerprint density at radius 2 is 2.20 bits per heavy atom. The summed E-state index contributed by atoms with van der Waals surface area (Å²) in [5.74, 6) is -0.0978. The summed E-state index contributed by atoms with van der Waals surface area (Å²) in [6, 6.07) is 0. The average Bonchev–Trinajstić information content (AvgIpc) is 1.88. The lowest BCUT2D eigenvalue weighted by atomic mass is 10.0. The highest BCUT2D eigenvalue weighted by Gasteiger charge is 2.13. The van der Waals surface area contributed by atoms with Gasteiger partial charge in [-0.15, -0.1) is 0 Å². The van der Waals surface area contributed by atoms with Gasteiger partial charge < -0.3 is 5.21 Å². The van der Waals surface area contributed by atoms with E-state index in [2.05, 4.69) is 5.16 Å². The second-order valence-electron chi connectivity index (χ2n) is 2.35. The molecule has 0 aromatic rings. The second kappa shape index (κ2) is 4.04. The molecule has 58 valence electrons. The quantitative estimate of drug-likeness (QED) is 0.369. The highest BCUT2D eigenvalue weighted by molar-refractivity contribution is 6.39. The molecule has 0 bridgehead atoms. The first-order chi connectivity index (χ1) is 4.63. The minimum atomic E-state index is -0.156. The van der Waals surface area contributed by atoms with Crippen molar-refractivity contribution in [3.05, 3.63) is 0 Å². The Morgan fingerprint density at radius 1 is 1.70 bits per heavy atom. The summed E-state index contributed by atoms with van der Waals surface area (Å²) in [6.45, 7) is 5.20. The molecule has 0 aromatic heterocycles. The van der Waals surface area contributed by atoms with Crippen molar-refractivity contribution in [3.63, 3.8) is 0 Å². The molecule has 10 heavy (non-hydrogen) atoms. The van der Waals surface area contributed by atoms with Crippen LogP contribution < -0.4 is 0 Å². The Bertz CT molecular complexity index is 152. The van der Waals surface area contributed by atoms with Crippen LogP contribution >= 0.6 is 0 Å². The molecule has 0 amide bonds. The third-order valence-corrected chi connectivity index (χ3v) is 1.55. The van der Waals surface area contributed by atoms with Gasteiger partial charge in [0.2, 0.25) is 0 Å². The lowest BCUT2D eigenvalue weighted by Gasteiger charge is -2.05. The fourth-order valence-electron chi connectivity index (χ4n) is 0.709. The van der Waals surface area contributed by atoms with E-state index in [1.165, 1.54) is 6.92 Å². The largest absolute Gasteiger partial charge is 0.411 e. The van der Waals surface area contributed by atoms with E-state index in [0.717, 1.165) is 6.42 Å². The Hall–Kier alpha value is -0.860. The molecule has 0 fully saturated rings. The monoisotopic (exact) mass is 143 g/mol. The SMILES string of the molecule is CCC(C)/C(=N/O)C(C)=O. The highest BCUT2D eigenvalue weighted by atomic mass is 16.4. The predicted octanol–water partition coefficient (Wildman–Crippen LogP) is 1.45. The smallest absolute Gasteiger partial charge is 0.177 e. The third-order valence-electron chi connectivity index (χ3n) is 1.55. The van der Waals surface area contributed by atoms with E-state index in [4.69, 9.17) is 5.21 Å². The average molecular weight is 143 g/mol. The molecule has 0 heterocycles. The van der Waals surface area contributed by atoms with E-state index in [9.17, 15) is 4.79 Å². The predicted molar refractivity (Wildman–Crippen MR) is 39.4 cm³/mol. The number of ketones is 1. The van der Waals surface area contributed by atoms with Crippen molar-refractivity contribution >= 4 is 11.5 Å². The van der Waals surface area contributed by atoms with Crippen molar-refractivity contribution in [2.24, 2.45) is 11.1 Å². The van der Waals surface area contributed by atoms with E-state index >= 15 is 0 Å². The van der Waals surface area contributed by atoms with Crippen LogP contribution in [0.25, 0.3) is 0 Å². The fourth-order valence-corrected chi connectivity index (χ4v) is 0.709. The molecule has 1 N–H and O–H groups in total. The first-order valence-corrected chi connectivity index (χ1v) is 3.36. The molecular weight excluding hydrogens is 130 g/mol. The van der Waals surface area contributed by atoms with Gasteiger partial charge in [-0.2, -0.15) is 0 Å². The standard InChI is InChI=1S/C7H13NO2/c1-4-5(2)7(8-10)6(3)9/h5,10H,4H2,1-3H3/b8-7-. The molecular formula is C7H13NO2. The van der Waals surface area contributed by atoms with Crippen molar-refractivity contribution in [1.29, 1.82) is 0 Å². The van der Waals surface area contributed by atoms with Crippen molar-refractivity contribution in [2.45, 2.75) is 27.2 Å². The van der Waals surface area contributed by atoms with Crippen LogP contribution in [0.1, 0.15) is 27.2 Å².